The average molecular weight is 220 g/mol. The Morgan fingerprint density at radius 2 is 1.88 bits per heavy atom. The van der Waals surface area contributed by atoms with Crippen LogP contribution in [0.1, 0.15) is 28.3 Å². The smallest absolute Gasteiger partial charge is 0.335 e. The number of rotatable bonds is 2. The molecule has 1 saturated heterocycles. The van der Waals surface area contributed by atoms with E-state index in [1.54, 1.807) is 0 Å². The number of carbonyl (C=O) groups excluding carboxylic acids is 2. The fourth-order valence-corrected chi connectivity index (χ4v) is 1.59. The fraction of sp³-hybridized carbons (Fsp3) is 0.182. The van der Waals surface area contributed by atoms with Gasteiger partial charge < -0.3 is 9.84 Å². The van der Waals surface area contributed by atoms with Crippen molar-refractivity contribution in [2.24, 2.45) is 0 Å². The van der Waals surface area contributed by atoms with Gasteiger partial charge in [0.15, 0.2) is 0 Å². The van der Waals surface area contributed by atoms with Crippen molar-refractivity contribution in [2.45, 2.75) is 12.3 Å². The summed E-state index contributed by atoms with van der Waals surface area (Å²) in [7, 11) is 0. The predicted molar refractivity (Wildman–Crippen MR) is 51.9 cm³/mol. The molecule has 1 atom stereocenters. The minimum Gasteiger partial charge on any atom is -0.478 e. The average Bonchev–Trinajstić information content (AvgIpc) is 2.58. The van der Waals surface area contributed by atoms with Gasteiger partial charge in [-0.05, 0) is 17.7 Å². The normalized spacial score (nSPS) is 19.6. The van der Waals surface area contributed by atoms with Crippen molar-refractivity contribution < 1.29 is 24.2 Å². The largest absolute Gasteiger partial charge is 0.478 e. The summed E-state index contributed by atoms with van der Waals surface area (Å²) < 4.78 is 4.41. The molecule has 2 rings (SSSR count). The number of hydrogen-bond acceptors (Lipinski definition) is 4. The molecule has 0 spiro atoms. The van der Waals surface area contributed by atoms with Crippen molar-refractivity contribution in [1.82, 2.24) is 0 Å². The number of hydrogen-bond donors (Lipinski definition) is 1. The summed E-state index contributed by atoms with van der Waals surface area (Å²) in [5.41, 5.74) is 0.738. The predicted octanol–water partition coefficient (Wildman–Crippen LogP) is 0.942. The molecule has 0 bridgehead atoms. The maximum Gasteiger partial charge on any atom is 0.335 e. The van der Waals surface area contributed by atoms with E-state index in [9.17, 15) is 14.4 Å². The first-order chi connectivity index (χ1) is 7.58. The van der Waals surface area contributed by atoms with Crippen molar-refractivity contribution >= 4 is 17.9 Å². The molecular formula is C11H8O5. The van der Waals surface area contributed by atoms with Crippen LogP contribution in [0.2, 0.25) is 0 Å². The van der Waals surface area contributed by atoms with Crippen LogP contribution in [-0.2, 0) is 14.3 Å². The summed E-state index contributed by atoms with van der Waals surface area (Å²) in [6.07, 6.45) is 0.0191. The Bertz CT molecular complexity index is 460. The Morgan fingerprint density at radius 1 is 1.25 bits per heavy atom. The summed E-state index contributed by atoms with van der Waals surface area (Å²) >= 11 is 0. The van der Waals surface area contributed by atoms with Gasteiger partial charge in [-0.15, -0.1) is 0 Å². The van der Waals surface area contributed by atoms with E-state index in [1.807, 2.05) is 0 Å². The monoisotopic (exact) mass is 220 g/mol. The van der Waals surface area contributed by atoms with Gasteiger partial charge in [-0.3, -0.25) is 9.59 Å². The van der Waals surface area contributed by atoms with E-state index in [0.717, 1.165) is 0 Å². The highest BCUT2D eigenvalue weighted by Gasteiger charge is 2.34. The van der Waals surface area contributed by atoms with Crippen LogP contribution in [0.25, 0.3) is 0 Å². The van der Waals surface area contributed by atoms with Crippen LogP contribution < -0.4 is 0 Å². The van der Waals surface area contributed by atoms with Gasteiger partial charge in [-0.1, -0.05) is 12.1 Å². The number of esters is 2. The van der Waals surface area contributed by atoms with E-state index >= 15 is 0 Å². The lowest BCUT2D eigenvalue weighted by atomic mass is 9.97. The lowest BCUT2D eigenvalue weighted by molar-refractivity contribution is -0.152. The zero-order valence-corrected chi connectivity index (χ0v) is 8.17. The van der Waals surface area contributed by atoms with Gasteiger partial charge in [0.2, 0.25) is 0 Å². The Morgan fingerprint density at radius 3 is 2.31 bits per heavy atom. The number of cyclic esters (lactones) is 2. The number of aromatic carboxylic acids is 1. The molecule has 5 heteroatoms. The highest BCUT2D eigenvalue weighted by molar-refractivity contribution is 5.98. The van der Waals surface area contributed by atoms with Crippen LogP contribution in [0.5, 0.6) is 0 Å². The third kappa shape index (κ3) is 1.79. The minimum atomic E-state index is -1.03. The fourth-order valence-electron chi connectivity index (χ4n) is 1.59. The third-order valence-corrected chi connectivity index (χ3v) is 2.43. The number of carboxylic acid groups (broad SMARTS) is 1. The maximum absolute atomic E-state index is 11.2. The minimum absolute atomic E-state index is 0.0191. The number of ether oxygens (including phenoxy) is 1. The van der Waals surface area contributed by atoms with Gasteiger partial charge in [-0.25, -0.2) is 4.79 Å². The molecule has 82 valence electrons. The molecule has 1 fully saturated rings. The lowest BCUT2D eigenvalue weighted by Gasteiger charge is -2.04. The van der Waals surface area contributed by atoms with Crippen LogP contribution in [0.15, 0.2) is 24.3 Å². The highest BCUT2D eigenvalue weighted by Crippen LogP contribution is 2.27. The summed E-state index contributed by atoms with van der Waals surface area (Å²) in [4.78, 5) is 32.7. The Labute approximate surface area is 90.6 Å². The standard InChI is InChI=1S/C11H8O5/c12-9-5-8(11(15)16-9)6-1-3-7(4-2-6)10(13)14/h1-4,8H,5H2,(H,13,14). The molecule has 1 aliphatic heterocycles. The Balaban J connectivity index is 2.25. The summed E-state index contributed by atoms with van der Waals surface area (Å²) in [5, 5.41) is 8.69. The molecule has 1 aromatic carbocycles. The van der Waals surface area contributed by atoms with Crippen molar-refractivity contribution in [3.8, 4) is 0 Å². The third-order valence-electron chi connectivity index (χ3n) is 2.43. The second kappa shape index (κ2) is 3.77. The molecule has 0 aliphatic carbocycles. The summed E-state index contributed by atoms with van der Waals surface area (Å²) in [6.45, 7) is 0. The molecule has 0 radical (unpaired) electrons. The molecule has 0 saturated carbocycles. The van der Waals surface area contributed by atoms with Crippen LogP contribution in [0.3, 0.4) is 0 Å². The topological polar surface area (TPSA) is 80.7 Å². The number of carboxylic acids is 1. The van der Waals surface area contributed by atoms with Gasteiger partial charge in [0, 0.05) is 0 Å². The van der Waals surface area contributed by atoms with Gasteiger partial charge in [0.1, 0.15) is 0 Å². The molecule has 1 unspecified atom stereocenters. The molecule has 5 nitrogen and oxygen atoms in total. The van der Waals surface area contributed by atoms with E-state index in [1.165, 1.54) is 24.3 Å². The molecule has 1 aromatic rings. The van der Waals surface area contributed by atoms with E-state index in [2.05, 4.69) is 4.74 Å². The molecule has 0 amide bonds. The molecule has 1 N–H and O–H groups in total. The van der Waals surface area contributed by atoms with E-state index in [-0.39, 0.29) is 12.0 Å². The second-order valence-corrected chi connectivity index (χ2v) is 3.48. The SMILES string of the molecule is O=C1CC(c2ccc(C(=O)O)cc2)C(=O)O1. The Kier molecular flexibility index (Phi) is 2.44. The number of carbonyl (C=O) groups is 3. The molecule has 0 aromatic heterocycles. The zero-order valence-electron chi connectivity index (χ0n) is 8.17. The van der Waals surface area contributed by atoms with Gasteiger partial charge in [0.25, 0.3) is 0 Å². The second-order valence-electron chi connectivity index (χ2n) is 3.48. The van der Waals surface area contributed by atoms with Gasteiger partial charge in [-0.2, -0.15) is 0 Å². The van der Waals surface area contributed by atoms with Gasteiger partial charge >= 0.3 is 17.9 Å². The van der Waals surface area contributed by atoms with Crippen LogP contribution in [-0.4, -0.2) is 23.0 Å². The Hall–Kier alpha value is -2.17. The van der Waals surface area contributed by atoms with E-state index < -0.39 is 23.8 Å². The van der Waals surface area contributed by atoms with Gasteiger partial charge in [0.05, 0.1) is 17.9 Å². The molecule has 1 heterocycles. The van der Waals surface area contributed by atoms with Crippen molar-refractivity contribution in [2.75, 3.05) is 0 Å². The summed E-state index contributed by atoms with van der Waals surface area (Å²) in [5.74, 6) is -2.75. The molecule has 1 aliphatic rings. The van der Waals surface area contributed by atoms with E-state index in [4.69, 9.17) is 5.11 Å². The zero-order chi connectivity index (χ0) is 11.7. The first kappa shape index (κ1) is 10.4. The maximum atomic E-state index is 11.2. The first-order valence-electron chi connectivity index (χ1n) is 4.65. The molecule has 16 heavy (non-hydrogen) atoms. The quantitative estimate of drug-likeness (QED) is 0.592. The van der Waals surface area contributed by atoms with Crippen molar-refractivity contribution in [3.05, 3.63) is 35.4 Å². The summed E-state index contributed by atoms with van der Waals surface area (Å²) in [6, 6.07) is 5.84. The van der Waals surface area contributed by atoms with Crippen LogP contribution >= 0.6 is 0 Å². The van der Waals surface area contributed by atoms with Crippen LogP contribution in [0.4, 0.5) is 0 Å². The van der Waals surface area contributed by atoms with Crippen LogP contribution in [0, 0.1) is 0 Å². The molecular weight excluding hydrogens is 212 g/mol. The highest BCUT2D eigenvalue weighted by atomic mass is 16.6. The first-order valence-corrected chi connectivity index (χ1v) is 4.65. The lowest BCUT2D eigenvalue weighted by Crippen LogP contribution is -2.06. The van der Waals surface area contributed by atoms with Crippen molar-refractivity contribution in [1.29, 1.82) is 0 Å². The van der Waals surface area contributed by atoms with E-state index in [0.29, 0.717) is 5.56 Å². The van der Waals surface area contributed by atoms with Crippen molar-refractivity contribution in [3.63, 3.8) is 0 Å². The number of benzene rings is 1.